The molecule has 35 heavy (non-hydrogen) atoms. The number of nitrogens with zero attached hydrogens (tertiary/aromatic N) is 2. The minimum atomic E-state index is -0.495. The van der Waals surface area contributed by atoms with Crippen molar-refractivity contribution in [1.29, 1.82) is 0 Å². The fraction of sp³-hybridized carbons (Fsp3) is 0.393. The van der Waals surface area contributed by atoms with E-state index in [0.29, 0.717) is 25.3 Å². The first-order chi connectivity index (χ1) is 16.8. The fourth-order valence-electron chi connectivity index (χ4n) is 4.30. The molecule has 7 heteroatoms. The van der Waals surface area contributed by atoms with Crippen LogP contribution in [-0.4, -0.2) is 47.1 Å². The number of carbonyl (C=O) groups excluding carboxylic acids is 2. The monoisotopic (exact) mass is 491 g/mol. The maximum atomic E-state index is 12.9. The van der Waals surface area contributed by atoms with Crippen molar-refractivity contribution in [3.8, 4) is 0 Å². The van der Waals surface area contributed by atoms with Gasteiger partial charge < -0.3 is 15.0 Å². The van der Waals surface area contributed by atoms with Gasteiger partial charge in [-0.3, -0.25) is 4.79 Å². The van der Waals surface area contributed by atoms with Gasteiger partial charge in [0.15, 0.2) is 0 Å². The number of amides is 2. The van der Waals surface area contributed by atoms with Crippen molar-refractivity contribution in [3.05, 3.63) is 87.9 Å². The van der Waals surface area contributed by atoms with E-state index in [0.717, 1.165) is 29.0 Å². The predicted molar refractivity (Wildman–Crippen MR) is 139 cm³/mol. The lowest BCUT2D eigenvalue weighted by atomic mass is 9.91. The van der Waals surface area contributed by atoms with Crippen molar-refractivity contribution in [2.75, 3.05) is 19.6 Å². The molecule has 1 aromatic heterocycles. The van der Waals surface area contributed by atoms with Gasteiger partial charge in [0.05, 0.1) is 5.01 Å². The third-order valence-electron chi connectivity index (χ3n) is 6.12. The summed E-state index contributed by atoms with van der Waals surface area (Å²) >= 11 is 1.52. The first kappa shape index (κ1) is 24.9. The molecule has 0 saturated carbocycles. The number of aromatic nitrogens is 1. The van der Waals surface area contributed by atoms with E-state index >= 15 is 0 Å². The molecule has 1 N–H and O–H groups in total. The lowest BCUT2D eigenvalue weighted by Gasteiger charge is -2.32. The van der Waals surface area contributed by atoms with Gasteiger partial charge in [-0.25, -0.2) is 9.78 Å². The van der Waals surface area contributed by atoms with Crippen LogP contribution in [0.25, 0.3) is 0 Å². The molecule has 2 amide bonds. The van der Waals surface area contributed by atoms with Crippen LogP contribution in [0.2, 0.25) is 0 Å². The molecule has 3 aromatic rings. The molecular formula is C28H33N3O3S. The molecule has 2 aromatic carbocycles. The van der Waals surface area contributed by atoms with Gasteiger partial charge in [-0.1, -0.05) is 60.7 Å². The SMILES string of the molecule is CC(C)(C)OC(=O)N1CCC(c2nc(C(=O)NCC(c3ccccc3)c3ccccc3)cs2)CC1. The molecule has 0 spiro atoms. The number of hydrogen-bond acceptors (Lipinski definition) is 5. The summed E-state index contributed by atoms with van der Waals surface area (Å²) in [5.41, 5.74) is 2.29. The second kappa shape index (κ2) is 11.0. The largest absolute Gasteiger partial charge is 0.444 e. The van der Waals surface area contributed by atoms with Crippen molar-refractivity contribution in [2.45, 2.75) is 51.0 Å². The van der Waals surface area contributed by atoms with E-state index in [1.807, 2.05) is 62.5 Å². The van der Waals surface area contributed by atoms with E-state index in [9.17, 15) is 9.59 Å². The van der Waals surface area contributed by atoms with Gasteiger partial charge in [0, 0.05) is 36.9 Å². The average Bonchev–Trinajstić information content (AvgIpc) is 3.35. The minimum absolute atomic E-state index is 0.0663. The van der Waals surface area contributed by atoms with Crippen LogP contribution in [0.5, 0.6) is 0 Å². The van der Waals surface area contributed by atoms with Crippen molar-refractivity contribution >= 4 is 23.3 Å². The van der Waals surface area contributed by atoms with Crippen molar-refractivity contribution in [3.63, 3.8) is 0 Å². The van der Waals surface area contributed by atoms with E-state index in [1.165, 1.54) is 11.3 Å². The Kier molecular flexibility index (Phi) is 7.86. The molecule has 2 heterocycles. The molecule has 1 saturated heterocycles. The molecule has 6 nitrogen and oxygen atoms in total. The number of piperidine rings is 1. The number of ether oxygens (including phenoxy) is 1. The van der Waals surface area contributed by atoms with Gasteiger partial charge in [-0.2, -0.15) is 0 Å². The first-order valence-corrected chi connectivity index (χ1v) is 13.0. The Balaban J connectivity index is 1.35. The van der Waals surface area contributed by atoms with Crippen LogP contribution in [0.1, 0.15) is 72.1 Å². The summed E-state index contributed by atoms with van der Waals surface area (Å²) in [5.74, 6) is 0.161. The second-order valence-corrected chi connectivity index (χ2v) is 10.8. The Morgan fingerprint density at radius 1 is 1.03 bits per heavy atom. The zero-order chi connectivity index (χ0) is 24.8. The van der Waals surface area contributed by atoms with Gasteiger partial charge >= 0.3 is 6.09 Å². The summed E-state index contributed by atoms with van der Waals surface area (Å²) in [6.07, 6.45) is 1.37. The number of hydrogen-bond donors (Lipinski definition) is 1. The van der Waals surface area contributed by atoms with Crippen molar-refractivity contribution in [1.82, 2.24) is 15.2 Å². The van der Waals surface area contributed by atoms with E-state index in [1.54, 1.807) is 4.90 Å². The van der Waals surface area contributed by atoms with E-state index < -0.39 is 5.60 Å². The zero-order valence-electron chi connectivity index (χ0n) is 20.6. The smallest absolute Gasteiger partial charge is 0.410 e. The Morgan fingerprint density at radius 2 is 1.60 bits per heavy atom. The summed E-state index contributed by atoms with van der Waals surface area (Å²) in [4.78, 5) is 31.7. The summed E-state index contributed by atoms with van der Waals surface area (Å²) in [6, 6.07) is 20.5. The van der Waals surface area contributed by atoms with Gasteiger partial charge in [0.25, 0.3) is 5.91 Å². The van der Waals surface area contributed by atoms with Crippen LogP contribution in [-0.2, 0) is 4.74 Å². The Labute approximate surface area is 211 Å². The molecule has 0 radical (unpaired) electrons. The van der Waals surface area contributed by atoms with Crippen LogP contribution in [0, 0.1) is 0 Å². The molecule has 184 valence electrons. The highest BCUT2D eigenvalue weighted by Gasteiger charge is 2.29. The van der Waals surface area contributed by atoms with Gasteiger partial charge in [0.2, 0.25) is 0 Å². The Bertz CT molecular complexity index is 1080. The predicted octanol–water partition coefficient (Wildman–Crippen LogP) is 5.82. The third kappa shape index (κ3) is 6.69. The van der Waals surface area contributed by atoms with Crippen molar-refractivity contribution in [2.24, 2.45) is 0 Å². The lowest BCUT2D eigenvalue weighted by Crippen LogP contribution is -2.41. The topological polar surface area (TPSA) is 71.5 Å². The zero-order valence-corrected chi connectivity index (χ0v) is 21.4. The van der Waals surface area contributed by atoms with E-state index in [4.69, 9.17) is 4.74 Å². The van der Waals surface area contributed by atoms with Crippen LogP contribution in [0.4, 0.5) is 4.79 Å². The summed E-state index contributed by atoms with van der Waals surface area (Å²) in [5, 5.41) is 5.89. The molecule has 1 aliphatic heterocycles. The number of benzene rings is 2. The standard InChI is InChI=1S/C28H33N3O3S/c1-28(2,3)34-27(33)31-16-14-22(15-17-31)26-30-24(19-35-26)25(32)29-18-23(20-10-6-4-7-11-20)21-12-8-5-9-13-21/h4-13,19,22-23H,14-18H2,1-3H3,(H,29,32). The van der Waals surface area contributed by atoms with Gasteiger partial charge in [0.1, 0.15) is 11.3 Å². The maximum Gasteiger partial charge on any atom is 0.410 e. The van der Waals surface area contributed by atoms with Gasteiger partial charge in [-0.15, -0.1) is 11.3 Å². The molecule has 0 unspecified atom stereocenters. The van der Waals surface area contributed by atoms with Crippen molar-refractivity contribution < 1.29 is 14.3 Å². The summed E-state index contributed by atoms with van der Waals surface area (Å²) in [7, 11) is 0. The normalized spacial score (nSPS) is 14.7. The quantitative estimate of drug-likeness (QED) is 0.472. The van der Waals surface area contributed by atoms with E-state index in [-0.39, 0.29) is 23.8 Å². The number of carbonyl (C=O) groups is 2. The first-order valence-electron chi connectivity index (χ1n) is 12.1. The number of rotatable bonds is 6. The Morgan fingerprint density at radius 3 is 2.14 bits per heavy atom. The number of thiazole rings is 1. The molecule has 0 bridgehead atoms. The number of likely N-dealkylation sites (tertiary alicyclic amines) is 1. The molecular weight excluding hydrogens is 458 g/mol. The summed E-state index contributed by atoms with van der Waals surface area (Å²) in [6.45, 7) is 7.40. The summed E-state index contributed by atoms with van der Waals surface area (Å²) < 4.78 is 5.48. The van der Waals surface area contributed by atoms with Gasteiger partial charge in [-0.05, 0) is 44.7 Å². The highest BCUT2D eigenvalue weighted by atomic mass is 32.1. The highest BCUT2D eigenvalue weighted by Crippen LogP contribution is 2.31. The van der Waals surface area contributed by atoms with Crippen LogP contribution in [0.15, 0.2) is 66.0 Å². The molecule has 0 aliphatic carbocycles. The third-order valence-corrected chi connectivity index (χ3v) is 7.13. The van der Waals surface area contributed by atoms with Crippen LogP contribution in [0.3, 0.4) is 0 Å². The second-order valence-electron chi connectivity index (χ2n) is 9.90. The van der Waals surface area contributed by atoms with Crippen LogP contribution >= 0.6 is 11.3 Å². The van der Waals surface area contributed by atoms with E-state index in [2.05, 4.69) is 34.6 Å². The molecule has 1 aliphatic rings. The molecule has 0 atom stereocenters. The maximum absolute atomic E-state index is 12.9. The Hall–Kier alpha value is -3.19. The fourth-order valence-corrected chi connectivity index (χ4v) is 5.27. The number of nitrogens with one attached hydrogen (secondary N) is 1. The average molecular weight is 492 g/mol. The molecule has 1 fully saturated rings. The van der Waals surface area contributed by atoms with Crippen LogP contribution < -0.4 is 5.32 Å². The lowest BCUT2D eigenvalue weighted by molar-refractivity contribution is 0.0204. The highest BCUT2D eigenvalue weighted by molar-refractivity contribution is 7.09. The minimum Gasteiger partial charge on any atom is -0.444 e. The molecule has 4 rings (SSSR count).